The zero-order valence-corrected chi connectivity index (χ0v) is 11.9. The number of nitrogens with zero attached hydrogens (tertiary/aromatic N) is 2. The predicted molar refractivity (Wildman–Crippen MR) is 77.0 cm³/mol. The summed E-state index contributed by atoms with van der Waals surface area (Å²) in [6.07, 6.45) is 5.01. The topological polar surface area (TPSA) is 28.2 Å². The third-order valence-corrected chi connectivity index (χ3v) is 3.85. The van der Waals surface area contributed by atoms with Crippen molar-refractivity contribution in [1.82, 2.24) is 10.3 Å². The van der Waals surface area contributed by atoms with Crippen molar-refractivity contribution in [2.75, 3.05) is 18.5 Å². The number of hydrogen-bond donors (Lipinski definition) is 1. The van der Waals surface area contributed by atoms with Gasteiger partial charge in [0.15, 0.2) is 0 Å². The molecule has 1 aromatic rings. The van der Waals surface area contributed by atoms with Crippen molar-refractivity contribution in [3.63, 3.8) is 0 Å². The molecule has 1 saturated carbocycles. The fraction of sp³-hybridized carbons (Fsp3) is 0.667. The number of pyridine rings is 1. The SMILES string of the molecule is CCNCc1cc(CC)nc(N(C)C2CCC2)c1. The summed E-state index contributed by atoms with van der Waals surface area (Å²) in [7, 11) is 2.18. The molecule has 2 rings (SSSR count). The van der Waals surface area contributed by atoms with Gasteiger partial charge in [0.1, 0.15) is 5.82 Å². The van der Waals surface area contributed by atoms with Crippen molar-refractivity contribution in [3.8, 4) is 0 Å². The number of rotatable bonds is 6. The molecule has 1 aliphatic carbocycles. The molecule has 1 aliphatic rings. The van der Waals surface area contributed by atoms with Crippen molar-refractivity contribution in [2.24, 2.45) is 0 Å². The Hall–Kier alpha value is -1.09. The van der Waals surface area contributed by atoms with Gasteiger partial charge in [-0.2, -0.15) is 0 Å². The van der Waals surface area contributed by atoms with Crippen LogP contribution in [0, 0.1) is 0 Å². The molecule has 0 aromatic carbocycles. The Labute approximate surface area is 111 Å². The first-order valence-electron chi connectivity index (χ1n) is 7.18. The van der Waals surface area contributed by atoms with E-state index in [9.17, 15) is 0 Å². The van der Waals surface area contributed by atoms with E-state index < -0.39 is 0 Å². The van der Waals surface area contributed by atoms with Gasteiger partial charge in [0.05, 0.1) is 0 Å². The van der Waals surface area contributed by atoms with Crippen LogP contribution in [0.4, 0.5) is 5.82 Å². The fourth-order valence-electron chi connectivity index (χ4n) is 2.33. The van der Waals surface area contributed by atoms with E-state index >= 15 is 0 Å². The summed E-state index contributed by atoms with van der Waals surface area (Å²) >= 11 is 0. The minimum absolute atomic E-state index is 0.705. The lowest BCUT2D eigenvalue weighted by Gasteiger charge is -2.36. The Kier molecular flexibility index (Phi) is 4.59. The van der Waals surface area contributed by atoms with E-state index in [2.05, 4.69) is 43.2 Å². The Morgan fingerprint density at radius 3 is 2.67 bits per heavy atom. The Morgan fingerprint density at radius 1 is 1.33 bits per heavy atom. The minimum atomic E-state index is 0.705. The third kappa shape index (κ3) is 3.02. The lowest BCUT2D eigenvalue weighted by atomic mass is 9.92. The minimum Gasteiger partial charge on any atom is -0.357 e. The van der Waals surface area contributed by atoms with E-state index in [4.69, 9.17) is 4.98 Å². The molecule has 0 atom stereocenters. The van der Waals surface area contributed by atoms with Crippen molar-refractivity contribution < 1.29 is 0 Å². The fourth-order valence-corrected chi connectivity index (χ4v) is 2.33. The van der Waals surface area contributed by atoms with Gasteiger partial charge in [0.2, 0.25) is 0 Å². The maximum atomic E-state index is 4.76. The summed E-state index contributed by atoms with van der Waals surface area (Å²) in [5.41, 5.74) is 2.55. The second-order valence-corrected chi connectivity index (χ2v) is 5.15. The van der Waals surface area contributed by atoms with E-state index in [1.807, 2.05) is 0 Å². The van der Waals surface area contributed by atoms with Crippen LogP contribution in [0.1, 0.15) is 44.4 Å². The summed E-state index contributed by atoms with van der Waals surface area (Å²) in [4.78, 5) is 7.12. The summed E-state index contributed by atoms with van der Waals surface area (Å²) < 4.78 is 0. The highest BCUT2D eigenvalue weighted by molar-refractivity contribution is 5.43. The number of anilines is 1. The number of aryl methyl sites for hydroxylation is 1. The molecule has 0 aliphatic heterocycles. The van der Waals surface area contributed by atoms with Crippen molar-refractivity contribution in [2.45, 2.75) is 52.1 Å². The normalized spacial score (nSPS) is 15.5. The van der Waals surface area contributed by atoms with E-state index in [0.29, 0.717) is 6.04 Å². The molecular weight excluding hydrogens is 222 g/mol. The maximum absolute atomic E-state index is 4.76. The molecule has 0 spiro atoms. The Morgan fingerprint density at radius 2 is 2.11 bits per heavy atom. The highest BCUT2D eigenvalue weighted by Crippen LogP contribution is 2.27. The maximum Gasteiger partial charge on any atom is 0.129 e. The number of nitrogens with one attached hydrogen (secondary N) is 1. The van der Waals surface area contributed by atoms with Crippen LogP contribution in [-0.4, -0.2) is 24.6 Å². The zero-order chi connectivity index (χ0) is 13.0. The lowest BCUT2D eigenvalue weighted by Crippen LogP contribution is -2.37. The summed E-state index contributed by atoms with van der Waals surface area (Å²) in [5.74, 6) is 1.15. The smallest absolute Gasteiger partial charge is 0.129 e. The average Bonchev–Trinajstić information content (AvgIpc) is 2.33. The van der Waals surface area contributed by atoms with Crippen LogP contribution >= 0.6 is 0 Å². The second kappa shape index (κ2) is 6.19. The van der Waals surface area contributed by atoms with Crippen LogP contribution in [0.3, 0.4) is 0 Å². The molecule has 0 amide bonds. The first-order chi connectivity index (χ1) is 8.74. The quantitative estimate of drug-likeness (QED) is 0.838. The highest BCUT2D eigenvalue weighted by Gasteiger charge is 2.23. The van der Waals surface area contributed by atoms with Gasteiger partial charge in [0.25, 0.3) is 0 Å². The second-order valence-electron chi connectivity index (χ2n) is 5.15. The predicted octanol–water partition coefficient (Wildman–Crippen LogP) is 2.74. The van der Waals surface area contributed by atoms with Gasteiger partial charge in [-0.05, 0) is 49.9 Å². The van der Waals surface area contributed by atoms with Crippen molar-refractivity contribution in [1.29, 1.82) is 0 Å². The van der Waals surface area contributed by atoms with Crippen LogP contribution in [0.15, 0.2) is 12.1 Å². The molecule has 1 fully saturated rings. The molecular formula is C15H25N3. The summed E-state index contributed by atoms with van der Waals surface area (Å²) in [6.45, 7) is 6.27. The van der Waals surface area contributed by atoms with Gasteiger partial charge in [-0.3, -0.25) is 0 Å². The van der Waals surface area contributed by atoms with Gasteiger partial charge >= 0.3 is 0 Å². The van der Waals surface area contributed by atoms with Crippen LogP contribution in [0.25, 0.3) is 0 Å². The molecule has 3 heteroatoms. The molecule has 1 N–H and O–H groups in total. The molecule has 0 saturated heterocycles. The van der Waals surface area contributed by atoms with Crippen molar-refractivity contribution in [3.05, 3.63) is 23.4 Å². The van der Waals surface area contributed by atoms with Crippen LogP contribution in [0.5, 0.6) is 0 Å². The monoisotopic (exact) mass is 247 g/mol. The third-order valence-electron chi connectivity index (χ3n) is 3.85. The summed E-state index contributed by atoms with van der Waals surface area (Å²) in [5, 5.41) is 3.39. The lowest BCUT2D eigenvalue weighted by molar-refractivity contribution is 0.399. The Balaban J connectivity index is 2.16. The highest BCUT2D eigenvalue weighted by atomic mass is 15.2. The molecule has 1 heterocycles. The van der Waals surface area contributed by atoms with Crippen LogP contribution in [0.2, 0.25) is 0 Å². The van der Waals surface area contributed by atoms with Gasteiger partial charge in [-0.1, -0.05) is 13.8 Å². The van der Waals surface area contributed by atoms with E-state index in [1.54, 1.807) is 0 Å². The van der Waals surface area contributed by atoms with Crippen LogP contribution in [-0.2, 0) is 13.0 Å². The first-order valence-corrected chi connectivity index (χ1v) is 7.18. The first kappa shape index (κ1) is 13.3. The molecule has 18 heavy (non-hydrogen) atoms. The molecule has 0 radical (unpaired) electrons. The standard InChI is InChI=1S/C15H25N3/c1-4-13-9-12(11-16-5-2)10-15(17-13)18(3)14-7-6-8-14/h9-10,14,16H,4-8,11H2,1-3H3. The van der Waals surface area contributed by atoms with E-state index in [1.165, 1.54) is 30.5 Å². The molecule has 0 bridgehead atoms. The van der Waals surface area contributed by atoms with Gasteiger partial charge in [0, 0.05) is 25.3 Å². The molecule has 100 valence electrons. The van der Waals surface area contributed by atoms with Crippen molar-refractivity contribution >= 4 is 5.82 Å². The molecule has 3 nitrogen and oxygen atoms in total. The average molecular weight is 247 g/mol. The summed E-state index contributed by atoms with van der Waals surface area (Å²) in [6, 6.07) is 5.16. The largest absolute Gasteiger partial charge is 0.357 e. The molecule has 0 unspecified atom stereocenters. The van der Waals surface area contributed by atoms with Gasteiger partial charge < -0.3 is 10.2 Å². The van der Waals surface area contributed by atoms with Crippen LogP contribution < -0.4 is 10.2 Å². The van der Waals surface area contributed by atoms with E-state index in [0.717, 1.165) is 25.3 Å². The number of hydrogen-bond acceptors (Lipinski definition) is 3. The zero-order valence-electron chi connectivity index (χ0n) is 11.9. The molecule has 1 aromatic heterocycles. The number of aromatic nitrogens is 1. The van der Waals surface area contributed by atoms with E-state index in [-0.39, 0.29) is 0 Å². The van der Waals surface area contributed by atoms with Gasteiger partial charge in [-0.15, -0.1) is 0 Å². The van der Waals surface area contributed by atoms with Gasteiger partial charge in [-0.25, -0.2) is 4.98 Å². The Bertz CT molecular complexity index is 385.